The molecule has 13 heteroatoms. The Balaban J connectivity index is 2.90. The van der Waals surface area contributed by atoms with Gasteiger partial charge in [0, 0.05) is 24.2 Å². The van der Waals surface area contributed by atoms with Gasteiger partial charge in [0.15, 0.2) is 8.24 Å². The van der Waals surface area contributed by atoms with Crippen molar-refractivity contribution in [3.8, 4) is 5.75 Å². The van der Waals surface area contributed by atoms with Crippen molar-refractivity contribution >= 4 is 41.1 Å². The lowest BCUT2D eigenvalue weighted by molar-refractivity contribution is -0.145. The van der Waals surface area contributed by atoms with Crippen LogP contribution in [0.3, 0.4) is 0 Å². The fraction of sp³-hybridized carbons (Fsp3) is 0.600. The molecule has 1 heterocycles. The zero-order chi connectivity index (χ0) is 29.2. The number of esters is 2. The summed E-state index contributed by atoms with van der Waals surface area (Å²) in [6.07, 6.45) is 1.33. The lowest BCUT2D eigenvalue weighted by atomic mass is 10.0. The van der Waals surface area contributed by atoms with Crippen LogP contribution in [-0.2, 0) is 30.8 Å². The van der Waals surface area contributed by atoms with Crippen LogP contribution in [0.1, 0.15) is 61.0 Å². The Hall–Kier alpha value is -2.38. The summed E-state index contributed by atoms with van der Waals surface area (Å²) < 4.78 is 77.5. The standard InChI is InChI=1S/C25H37F3N2O6SSi/c1-9-35-24(32)20(29-37(33,34)25(26,27)28)13-19-14-30(38(15(2)3,16(4)5)17(6)7)21-11-10-12-22(23(19)21)36-18(8)31/h10-12,14-17,20,29H,9,13H2,1-8H3/t20-/m0/s1. The number of hydrogen-bond acceptors (Lipinski definition) is 6. The molecule has 0 bridgehead atoms. The van der Waals surface area contributed by atoms with Gasteiger partial charge in [-0.05, 0) is 47.4 Å². The molecule has 0 aliphatic rings. The third-order valence-corrected chi connectivity index (χ3v) is 14.9. The van der Waals surface area contributed by atoms with Crippen molar-refractivity contribution in [3.63, 3.8) is 0 Å². The lowest BCUT2D eigenvalue weighted by Gasteiger charge is -2.44. The number of halogens is 3. The number of benzene rings is 1. The van der Waals surface area contributed by atoms with Gasteiger partial charge in [0.05, 0.1) is 6.61 Å². The highest BCUT2D eigenvalue weighted by molar-refractivity contribution is 7.90. The first-order valence-electron chi connectivity index (χ1n) is 12.5. The molecule has 0 fully saturated rings. The molecule has 1 aromatic heterocycles. The molecule has 214 valence electrons. The Labute approximate surface area is 223 Å². The van der Waals surface area contributed by atoms with Gasteiger partial charge in [-0.3, -0.25) is 9.59 Å². The molecule has 2 rings (SSSR count). The van der Waals surface area contributed by atoms with Crippen LogP contribution in [0, 0.1) is 0 Å². The van der Waals surface area contributed by atoms with Gasteiger partial charge in [-0.25, -0.2) is 8.42 Å². The SMILES string of the molecule is CCOC(=O)[C@H](Cc1cn([Si](C(C)C)(C(C)C)C(C)C)c2cccc(OC(C)=O)c12)NS(=O)(=O)C(F)(F)F. The van der Waals surface area contributed by atoms with E-state index in [1.54, 1.807) is 18.3 Å². The predicted octanol–water partition coefficient (Wildman–Crippen LogP) is 5.50. The average Bonchev–Trinajstić information content (AvgIpc) is 3.11. The Kier molecular flexibility index (Phi) is 9.87. The van der Waals surface area contributed by atoms with Crippen LogP contribution >= 0.6 is 0 Å². The van der Waals surface area contributed by atoms with Crippen molar-refractivity contribution < 1.29 is 40.7 Å². The Bertz CT molecular complexity index is 1250. The molecule has 1 atom stereocenters. The zero-order valence-corrected chi connectivity index (χ0v) is 24.8. The molecule has 1 aromatic carbocycles. The first-order valence-corrected chi connectivity index (χ1v) is 16.1. The Morgan fingerprint density at radius 2 is 1.61 bits per heavy atom. The maximum Gasteiger partial charge on any atom is 0.511 e. The lowest BCUT2D eigenvalue weighted by Crippen LogP contribution is -2.51. The minimum absolute atomic E-state index is 0.159. The predicted molar refractivity (Wildman–Crippen MR) is 142 cm³/mol. The average molecular weight is 579 g/mol. The molecule has 0 saturated heterocycles. The van der Waals surface area contributed by atoms with Crippen molar-refractivity contribution in [3.05, 3.63) is 30.0 Å². The van der Waals surface area contributed by atoms with E-state index in [-0.39, 0.29) is 29.0 Å². The van der Waals surface area contributed by atoms with Gasteiger partial charge < -0.3 is 13.7 Å². The van der Waals surface area contributed by atoms with Crippen molar-refractivity contribution in [2.45, 2.75) is 90.0 Å². The molecule has 0 aliphatic carbocycles. The van der Waals surface area contributed by atoms with E-state index in [0.717, 1.165) is 0 Å². The molecule has 1 N–H and O–H groups in total. The molecule has 0 aliphatic heterocycles. The van der Waals surface area contributed by atoms with Gasteiger partial charge in [0.2, 0.25) is 0 Å². The van der Waals surface area contributed by atoms with Crippen molar-refractivity contribution in [2.75, 3.05) is 6.61 Å². The van der Waals surface area contributed by atoms with Crippen molar-refractivity contribution in [1.82, 2.24) is 8.95 Å². The van der Waals surface area contributed by atoms with E-state index in [2.05, 4.69) is 45.8 Å². The highest BCUT2D eigenvalue weighted by Gasteiger charge is 2.49. The fourth-order valence-corrected chi connectivity index (χ4v) is 13.1. The first-order chi connectivity index (χ1) is 17.4. The van der Waals surface area contributed by atoms with Crippen LogP contribution in [0.5, 0.6) is 5.75 Å². The van der Waals surface area contributed by atoms with E-state index in [9.17, 15) is 31.2 Å². The summed E-state index contributed by atoms with van der Waals surface area (Å²) in [6, 6.07) is 3.25. The number of rotatable bonds is 11. The summed E-state index contributed by atoms with van der Waals surface area (Å²) in [5.74, 6) is -1.58. The van der Waals surface area contributed by atoms with Gasteiger partial charge >= 0.3 is 27.5 Å². The van der Waals surface area contributed by atoms with Gasteiger partial charge in [-0.1, -0.05) is 47.6 Å². The maximum atomic E-state index is 13.2. The van der Waals surface area contributed by atoms with Crippen LogP contribution in [0.25, 0.3) is 10.9 Å². The number of carbonyl (C=O) groups is 2. The largest absolute Gasteiger partial charge is 0.511 e. The number of hydrogen-bond donors (Lipinski definition) is 1. The third kappa shape index (κ3) is 6.09. The maximum absolute atomic E-state index is 13.2. The van der Waals surface area contributed by atoms with E-state index in [1.165, 1.54) is 18.6 Å². The quantitative estimate of drug-likeness (QED) is 0.214. The number of ether oxygens (including phenoxy) is 2. The second-order valence-electron chi connectivity index (χ2n) is 10.2. The fourth-order valence-electron chi connectivity index (χ4n) is 5.77. The third-order valence-electron chi connectivity index (χ3n) is 6.91. The van der Waals surface area contributed by atoms with Crippen LogP contribution in [0.4, 0.5) is 13.2 Å². The van der Waals surface area contributed by atoms with E-state index in [0.29, 0.717) is 16.5 Å². The summed E-state index contributed by atoms with van der Waals surface area (Å²) >= 11 is 0. The van der Waals surface area contributed by atoms with Crippen LogP contribution < -0.4 is 9.46 Å². The highest BCUT2D eigenvalue weighted by Crippen LogP contribution is 2.46. The molecule has 0 amide bonds. The summed E-state index contributed by atoms with van der Waals surface area (Å²) in [6.45, 7) is 15.3. The zero-order valence-electron chi connectivity index (χ0n) is 23.0. The minimum Gasteiger partial charge on any atom is -0.465 e. The van der Waals surface area contributed by atoms with Crippen LogP contribution in [0.15, 0.2) is 24.4 Å². The van der Waals surface area contributed by atoms with E-state index in [1.807, 2.05) is 6.07 Å². The number of nitrogens with zero attached hydrogens (tertiary/aromatic N) is 1. The second-order valence-corrected chi connectivity index (χ2v) is 17.6. The second kappa shape index (κ2) is 11.8. The normalized spacial score (nSPS) is 13.9. The molecule has 2 aromatic rings. The van der Waals surface area contributed by atoms with E-state index >= 15 is 0 Å². The number of alkyl halides is 3. The first kappa shape index (κ1) is 31.8. The Morgan fingerprint density at radius 1 is 1.05 bits per heavy atom. The molecule has 0 saturated carbocycles. The summed E-state index contributed by atoms with van der Waals surface area (Å²) in [7, 11) is -8.30. The van der Waals surface area contributed by atoms with Gasteiger partial charge in [-0.2, -0.15) is 17.9 Å². The molecule has 8 nitrogen and oxygen atoms in total. The highest BCUT2D eigenvalue weighted by atomic mass is 32.2. The Morgan fingerprint density at radius 3 is 2.05 bits per heavy atom. The number of nitrogens with one attached hydrogen (secondary N) is 1. The topological polar surface area (TPSA) is 104 Å². The van der Waals surface area contributed by atoms with Gasteiger partial charge in [0.25, 0.3) is 0 Å². The summed E-state index contributed by atoms with van der Waals surface area (Å²) in [5, 5.41) is 0.432. The molecule has 0 unspecified atom stereocenters. The van der Waals surface area contributed by atoms with Crippen LogP contribution in [0.2, 0.25) is 16.6 Å². The molecular weight excluding hydrogens is 541 g/mol. The smallest absolute Gasteiger partial charge is 0.465 e. The number of aromatic nitrogens is 1. The molecular formula is C25H37F3N2O6SSi. The minimum atomic E-state index is -5.86. The van der Waals surface area contributed by atoms with Crippen LogP contribution in [-0.4, -0.2) is 51.0 Å². The molecule has 0 radical (unpaired) electrons. The molecule has 0 spiro atoms. The van der Waals surface area contributed by atoms with Gasteiger partial charge in [0.1, 0.15) is 11.8 Å². The number of carbonyl (C=O) groups excluding carboxylic acids is 2. The van der Waals surface area contributed by atoms with E-state index < -0.39 is 48.2 Å². The van der Waals surface area contributed by atoms with Crippen molar-refractivity contribution in [1.29, 1.82) is 0 Å². The molecule has 38 heavy (non-hydrogen) atoms. The van der Waals surface area contributed by atoms with Crippen molar-refractivity contribution in [2.24, 2.45) is 0 Å². The number of fused-ring (bicyclic) bond motifs is 1. The van der Waals surface area contributed by atoms with Gasteiger partial charge in [-0.15, -0.1) is 0 Å². The summed E-state index contributed by atoms with van der Waals surface area (Å²) in [5.41, 5.74) is -3.88. The summed E-state index contributed by atoms with van der Waals surface area (Å²) in [4.78, 5) is 24.6. The monoisotopic (exact) mass is 578 g/mol. The van der Waals surface area contributed by atoms with E-state index in [4.69, 9.17) is 9.47 Å². The number of sulfonamides is 1.